The molecule has 0 amide bonds. The summed E-state index contributed by atoms with van der Waals surface area (Å²) in [5.74, 6) is 1.65. The Morgan fingerprint density at radius 2 is 1.88 bits per heavy atom. The molecule has 1 heterocycles. The van der Waals surface area contributed by atoms with E-state index in [-0.39, 0.29) is 0 Å². The Balaban J connectivity index is 2.14. The molecule has 0 spiro atoms. The standard InChI is InChI=1S/C14H15IO2/c1-9-7-13(10(2)17-9)14(16)8-11-3-5-12(15)6-4-11/h3-7,14,16H,8H2,1-2H3. The predicted octanol–water partition coefficient (Wildman–Crippen LogP) is 3.78. The van der Waals surface area contributed by atoms with E-state index in [1.807, 2.05) is 32.0 Å². The Kier molecular flexibility index (Phi) is 3.89. The summed E-state index contributed by atoms with van der Waals surface area (Å²) in [6.07, 6.45) is 0.129. The molecule has 0 aliphatic heterocycles. The molecule has 1 aromatic carbocycles. The molecular weight excluding hydrogens is 327 g/mol. The van der Waals surface area contributed by atoms with E-state index < -0.39 is 6.10 Å². The van der Waals surface area contributed by atoms with E-state index >= 15 is 0 Å². The van der Waals surface area contributed by atoms with E-state index in [1.54, 1.807) is 0 Å². The van der Waals surface area contributed by atoms with Crippen molar-refractivity contribution in [1.29, 1.82) is 0 Å². The zero-order chi connectivity index (χ0) is 12.4. The molecule has 17 heavy (non-hydrogen) atoms. The van der Waals surface area contributed by atoms with E-state index in [1.165, 1.54) is 3.57 Å². The second kappa shape index (κ2) is 5.23. The zero-order valence-electron chi connectivity index (χ0n) is 9.90. The number of hydrogen-bond donors (Lipinski definition) is 1. The monoisotopic (exact) mass is 342 g/mol. The van der Waals surface area contributed by atoms with Gasteiger partial charge in [-0.25, -0.2) is 0 Å². The first-order valence-corrected chi connectivity index (χ1v) is 6.63. The molecule has 0 saturated heterocycles. The third kappa shape index (κ3) is 3.10. The van der Waals surface area contributed by atoms with Crippen LogP contribution in [0.1, 0.15) is 28.8 Å². The van der Waals surface area contributed by atoms with Crippen LogP contribution < -0.4 is 0 Å². The first kappa shape index (κ1) is 12.6. The van der Waals surface area contributed by atoms with Crippen LogP contribution in [0.15, 0.2) is 34.7 Å². The molecule has 2 nitrogen and oxygen atoms in total. The highest BCUT2D eigenvalue weighted by Gasteiger charge is 2.14. The van der Waals surface area contributed by atoms with E-state index in [2.05, 4.69) is 34.7 Å². The molecule has 90 valence electrons. The molecule has 0 bridgehead atoms. The SMILES string of the molecule is Cc1cc(C(O)Cc2ccc(I)cc2)c(C)o1. The number of aliphatic hydroxyl groups excluding tert-OH is 1. The van der Waals surface area contributed by atoms with Gasteiger partial charge in [-0.1, -0.05) is 12.1 Å². The highest BCUT2D eigenvalue weighted by atomic mass is 127. The molecular formula is C14H15IO2. The second-order valence-corrected chi connectivity index (χ2v) is 5.46. The van der Waals surface area contributed by atoms with Crippen molar-refractivity contribution < 1.29 is 9.52 Å². The second-order valence-electron chi connectivity index (χ2n) is 4.21. The van der Waals surface area contributed by atoms with E-state index in [0.717, 1.165) is 22.6 Å². The highest BCUT2D eigenvalue weighted by molar-refractivity contribution is 14.1. The van der Waals surface area contributed by atoms with Gasteiger partial charge < -0.3 is 9.52 Å². The van der Waals surface area contributed by atoms with Crippen molar-refractivity contribution in [3.63, 3.8) is 0 Å². The third-order valence-electron chi connectivity index (χ3n) is 2.78. The lowest BCUT2D eigenvalue weighted by Crippen LogP contribution is -2.02. The number of halogens is 1. The third-order valence-corrected chi connectivity index (χ3v) is 3.50. The number of furan rings is 1. The average Bonchev–Trinajstić information content (AvgIpc) is 2.61. The first-order chi connectivity index (χ1) is 8.06. The Labute approximate surface area is 115 Å². The Morgan fingerprint density at radius 1 is 1.24 bits per heavy atom. The summed E-state index contributed by atoms with van der Waals surface area (Å²) in [5.41, 5.74) is 2.03. The van der Waals surface area contributed by atoms with Gasteiger partial charge in [0.15, 0.2) is 0 Å². The Bertz CT molecular complexity index is 499. The fraction of sp³-hybridized carbons (Fsp3) is 0.286. The first-order valence-electron chi connectivity index (χ1n) is 5.55. The molecule has 1 aromatic heterocycles. The zero-order valence-corrected chi connectivity index (χ0v) is 12.1. The molecule has 0 saturated carbocycles. The van der Waals surface area contributed by atoms with Crippen LogP contribution in [0.3, 0.4) is 0 Å². The summed E-state index contributed by atoms with van der Waals surface area (Å²) < 4.78 is 6.64. The van der Waals surface area contributed by atoms with Gasteiger partial charge in [-0.3, -0.25) is 0 Å². The van der Waals surface area contributed by atoms with Gasteiger partial charge in [0, 0.05) is 15.6 Å². The van der Waals surface area contributed by atoms with Gasteiger partial charge in [0.2, 0.25) is 0 Å². The molecule has 2 aromatic rings. The van der Waals surface area contributed by atoms with Crippen molar-refractivity contribution in [3.05, 3.63) is 56.5 Å². The molecule has 1 unspecified atom stereocenters. The van der Waals surface area contributed by atoms with Gasteiger partial charge in [-0.15, -0.1) is 0 Å². The average molecular weight is 342 g/mol. The number of aryl methyl sites for hydroxylation is 2. The topological polar surface area (TPSA) is 33.4 Å². The molecule has 0 fully saturated rings. The largest absolute Gasteiger partial charge is 0.466 e. The van der Waals surface area contributed by atoms with E-state index in [9.17, 15) is 5.11 Å². The van der Waals surface area contributed by atoms with Crippen LogP contribution in [0.2, 0.25) is 0 Å². The summed E-state index contributed by atoms with van der Waals surface area (Å²) in [5, 5.41) is 10.2. The lowest BCUT2D eigenvalue weighted by molar-refractivity contribution is 0.176. The maximum Gasteiger partial charge on any atom is 0.106 e. The molecule has 0 aliphatic carbocycles. The predicted molar refractivity (Wildman–Crippen MR) is 76.0 cm³/mol. The van der Waals surface area contributed by atoms with Crippen molar-refractivity contribution in [1.82, 2.24) is 0 Å². The van der Waals surface area contributed by atoms with Gasteiger partial charge in [0.25, 0.3) is 0 Å². The lowest BCUT2D eigenvalue weighted by Gasteiger charge is -2.09. The number of benzene rings is 1. The fourth-order valence-electron chi connectivity index (χ4n) is 1.94. The molecule has 0 radical (unpaired) electrons. The Hall–Kier alpha value is -0.810. The number of aliphatic hydroxyl groups is 1. The van der Waals surface area contributed by atoms with E-state index in [0.29, 0.717) is 6.42 Å². The highest BCUT2D eigenvalue weighted by Crippen LogP contribution is 2.24. The van der Waals surface area contributed by atoms with Crippen molar-refractivity contribution >= 4 is 22.6 Å². The summed E-state index contributed by atoms with van der Waals surface area (Å²) in [6, 6.07) is 10.1. The quantitative estimate of drug-likeness (QED) is 0.862. The maximum atomic E-state index is 10.2. The van der Waals surface area contributed by atoms with Crippen molar-refractivity contribution in [2.24, 2.45) is 0 Å². The normalized spacial score (nSPS) is 12.7. The van der Waals surface area contributed by atoms with Gasteiger partial charge in [0.1, 0.15) is 11.5 Å². The minimum atomic E-state index is -0.493. The molecule has 2 rings (SSSR count). The van der Waals surface area contributed by atoms with Crippen LogP contribution >= 0.6 is 22.6 Å². The molecule has 0 aliphatic rings. The lowest BCUT2D eigenvalue weighted by atomic mass is 10.0. The van der Waals surface area contributed by atoms with Gasteiger partial charge >= 0.3 is 0 Å². The van der Waals surface area contributed by atoms with Crippen LogP contribution in [-0.4, -0.2) is 5.11 Å². The fourth-order valence-corrected chi connectivity index (χ4v) is 2.29. The maximum absolute atomic E-state index is 10.2. The van der Waals surface area contributed by atoms with Crippen LogP contribution in [0.5, 0.6) is 0 Å². The van der Waals surface area contributed by atoms with Gasteiger partial charge in [-0.2, -0.15) is 0 Å². The van der Waals surface area contributed by atoms with E-state index in [4.69, 9.17) is 4.42 Å². The van der Waals surface area contributed by atoms with Crippen LogP contribution in [0.25, 0.3) is 0 Å². The number of rotatable bonds is 3. The minimum Gasteiger partial charge on any atom is -0.466 e. The van der Waals surface area contributed by atoms with Crippen molar-refractivity contribution in [2.45, 2.75) is 26.4 Å². The Morgan fingerprint density at radius 3 is 2.41 bits per heavy atom. The molecule has 1 atom stereocenters. The van der Waals surface area contributed by atoms with Crippen LogP contribution in [0, 0.1) is 17.4 Å². The van der Waals surface area contributed by atoms with Gasteiger partial charge in [-0.05, 0) is 60.2 Å². The summed E-state index contributed by atoms with van der Waals surface area (Å²) in [7, 11) is 0. The number of hydrogen-bond acceptors (Lipinski definition) is 2. The summed E-state index contributed by atoms with van der Waals surface area (Å²) >= 11 is 2.27. The van der Waals surface area contributed by atoms with Crippen molar-refractivity contribution in [3.8, 4) is 0 Å². The summed E-state index contributed by atoms with van der Waals surface area (Å²) in [6.45, 7) is 3.79. The summed E-state index contributed by atoms with van der Waals surface area (Å²) in [4.78, 5) is 0. The van der Waals surface area contributed by atoms with Crippen LogP contribution in [-0.2, 0) is 6.42 Å². The molecule has 1 N–H and O–H groups in total. The van der Waals surface area contributed by atoms with Crippen LogP contribution in [0.4, 0.5) is 0 Å². The van der Waals surface area contributed by atoms with Gasteiger partial charge in [0.05, 0.1) is 6.10 Å². The van der Waals surface area contributed by atoms with Crippen molar-refractivity contribution in [2.75, 3.05) is 0 Å². The smallest absolute Gasteiger partial charge is 0.106 e. The molecule has 3 heteroatoms. The minimum absolute atomic E-state index is 0.493.